The molecule has 0 atom stereocenters. The van der Waals surface area contributed by atoms with Gasteiger partial charge in [0, 0.05) is 0 Å². The molecule has 0 saturated carbocycles. The summed E-state index contributed by atoms with van der Waals surface area (Å²) in [4.78, 5) is 4.07. The summed E-state index contributed by atoms with van der Waals surface area (Å²) in [5.74, 6) is 1.56. The molecule has 0 aliphatic carbocycles. The maximum Gasteiger partial charge on any atom is 0.146 e. The fraction of sp³-hybridized carbons (Fsp3) is 0.214. The van der Waals surface area contributed by atoms with Gasteiger partial charge in [-0.3, -0.25) is 0 Å². The summed E-state index contributed by atoms with van der Waals surface area (Å²) in [5.41, 5.74) is 3.26. The molecule has 0 saturated heterocycles. The van der Waals surface area contributed by atoms with Crippen LogP contribution >= 0.6 is 11.6 Å². The Morgan fingerprint density at radius 3 is 2.59 bits per heavy atom. The number of hydrogen-bond donors (Lipinski definition) is 0. The summed E-state index contributed by atoms with van der Waals surface area (Å²) in [6, 6.07) is 7.88. The zero-order valence-corrected chi connectivity index (χ0v) is 10.9. The van der Waals surface area contributed by atoms with Crippen LogP contribution in [0.5, 0.6) is 11.5 Å². The zero-order valence-electron chi connectivity index (χ0n) is 10.1. The van der Waals surface area contributed by atoms with Crippen LogP contribution < -0.4 is 4.74 Å². The predicted octanol–water partition coefficient (Wildman–Crippen LogP) is 4.45. The van der Waals surface area contributed by atoms with Crippen LogP contribution in [-0.2, 0) is 0 Å². The molecule has 0 N–H and O–H groups in total. The molecule has 0 aliphatic rings. The van der Waals surface area contributed by atoms with Gasteiger partial charge in [0.05, 0.1) is 6.20 Å². The molecule has 2 rings (SSSR count). The maximum atomic E-state index is 5.87. The molecule has 2 nitrogen and oxygen atoms in total. The van der Waals surface area contributed by atoms with Crippen LogP contribution in [0.3, 0.4) is 0 Å². The van der Waals surface area contributed by atoms with Crippen molar-refractivity contribution in [2.75, 3.05) is 0 Å². The summed E-state index contributed by atoms with van der Waals surface area (Å²) in [5, 5.41) is 0.512. The van der Waals surface area contributed by atoms with Crippen molar-refractivity contribution in [3.05, 3.63) is 52.3 Å². The molecule has 2 aromatic rings. The van der Waals surface area contributed by atoms with Gasteiger partial charge >= 0.3 is 0 Å². The number of hydrogen-bond acceptors (Lipinski definition) is 2. The number of aromatic nitrogens is 1. The normalized spacial score (nSPS) is 10.4. The van der Waals surface area contributed by atoms with Gasteiger partial charge in [0.15, 0.2) is 0 Å². The molecule has 0 aliphatic heterocycles. The molecule has 1 heterocycles. The molecule has 17 heavy (non-hydrogen) atoms. The van der Waals surface area contributed by atoms with Gasteiger partial charge in [0.2, 0.25) is 0 Å². The predicted molar refractivity (Wildman–Crippen MR) is 70.0 cm³/mol. The minimum Gasteiger partial charge on any atom is -0.455 e. The van der Waals surface area contributed by atoms with Crippen molar-refractivity contribution in [3.8, 4) is 11.5 Å². The Bertz CT molecular complexity index is 552. The third kappa shape index (κ3) is 2.59. The Morgan fingerprint density at radius 1 is 1.12 bits per heavy atom. The number of halogens is 1. The highest BCUT2D eigenvalue weighted by atomic mass is 35.5. The van der Waals surface area contributed by atoms with Gasteiger partial charge in [-0.25, -0.2) is 4.98 Å². The second-order valence-corrected chi connectivity index (χ2v) is 4.44. The molecule has 3 heteroatoms. The quantitative estimate of drug-likeness (QED) is 0.732. The molecule has 0 spiro atoms. The van der Waals surface area contributed by atoms with Gasteiger partial charge in [0.1, 0.15) is 16.7 Å². The Morgan fingerprint density at radius 2 is 1.88 bits per heavy atom. The summed E-state index contributed by atoms with van der Waals surface area (Å²) in [7, 11) is 0. The molecule has 0 fully saturated rings. The molecular formula is C14H14ClNO. The first kappa shape index (κ1) is 11.9. The van der Waals surface area contributed by atoms with Crippen LogP contribution in [0.1, 0.15) is 16.7 Å². The summed E-state index contributed by atoms with van der Waals surface area (Å²) in [6.45, 7) is 6.01. The Labute approximate surface area is 106 Å². The lowest BCUT2D eigenvalue weighted by Crippen LogP contribution is -1.91. The van der Waals surface area contributed by atoms with Crippen molar-refractivity contribution in [1.82, 2.24) is 4.98 Å². The fourth-order valence-corrected chi connectivity index (χ4v) is 1.65. The van der Waals surface area contributed by atoms with E-state index in [0.29, 0.717) is 10.9 Å². The van der Waals surface area contributed by atoms with E-state index in [2.05, 4.69) is 18.0 Å². The first-order valence-electron chi connectivity index (χ1n) is 5.44. The third-order valence-corrected chi connectivity index (χ3v) is 3.17. The molecule has 1 aromatic heterocycles. The van der Waals surface area contributed by atoms with Crippen LogP contribution in [0.25, 0.3) is 0 Å². The molecule has 0 unspecified atom stereocenters. The van der Waals surface area contributed by atoms with E-state index in [1.807, 2.05) is 32.0 Å². The molecular weight excluding hydrogens is 234 g/mol. The van der Waals surface area contributed by atoms with Crippen molar-refractivity contribution >= 4 is 11.6 Å². The van der Waals surface area contributed by atoms with Crippen LogP contribution in [0.4, 0.5) is 0 Å². The number of benzene rings is 1. The molecule has 0 amide bonds. The minimum atomic E-state index is 0.512. The Kier molecular flexibility index (Phi) is 3.34. The number of ether oxygens (including phenoxy) is 1. The second kappa shape index (κ2) is 4.76. The Balaban J connectivity index is 2.31. The van der Waals surface area contributed by atoms with Gasteiger partial charge in [-0.2, -0.15) is 0 Å². The highest BCUT2D eigenvalue weighted by Gasteiger charge is 2.05. The van der Waals surface area contributed by atoms with E-state index >= 15 is 0 Å². The van der Waals surface area contributed by atoms with Crippen molar-refractivity contribution in [2.24, 2.45) is 0 Å². The van der Waals surface area contributed by atoms with Crippen molar-refractivity contribution < 1.29 is 4.74 Å². The van der Waals surface area contributed by atoms with E-state index in [0.717, 1.165) is 16.9 Å². The van der Waals surface area contributed by atoms with Crippen molar-refractivity contribution in [2.45, 2.75) is 20.8 Å². The monoisotopic (exact) mass is 247 g/mol. The highest BCUT2D eigenvalue weighted by Crippen LogP contribution is 2.27. The van der Waals surface area contributed by atoms with Gasteiger partial charge < -0.3 is 4.74 Å². The molecule has 0 radical (unpaired) electrons. The van der Waals surface area contributed by atoms with E-state index in [-0.39, 0.29) is 0 Å². The lowest BCUT2D eigenvalue weighted by Gasteiger charge is -2.10. The van der Waals surface area contributed by atoms with Crippen molar-refractivity contribution in [1.29, 1.82) is 0 Å². The summed E-state index contributed by atoms with van der Waals surface area (Å²) >= 11 is 5.87. The minimum absolute atomic E-state index is 0.512. The number of pyridine rings is 1. The van der Waals surface area contributed by atoms with E-state index in [1.165, 1.54) is 5.56 Å². The average Bonchev–Trinajstić information content (AvgIpc) is 2.30. The van der Waals surface area contributed by atoms with Crippen molar-refractivity contribution in [3.63, 3.8) is 0 Å². The van der Waals surface area contributed by atoms with Gasteiger partial charge in [-0.1, -0.05) is 23.7 Å². The third-order valence-electron chi connectivity index (χ3n) is 2.77. The first-order valence-corrected chi connectivity index (χ1v) is 5.82. The van der Waals surface area contributed by atoms with Gasteiger partial charge in [0.25, 0.3) is 0 Å². The highest BCUT2D eigenvalue weighted by molar-refractivity contribution is 6.30. The largest absolute Gasteiger partial charge is 0.455 e. The smallest absolute Gasteiger partial charge is 0.146 e. The Hall–Kier alpha value is -1.54. The lowest BCUT2D eigenvalue weighted by atomic mass is 10.1. The summed E-state index contributed by atoms with van der Waals surface area (Å²) < 4.78 is 5.80. The fourth-order valence-electron chi connectivity index (χ4n) is 1.55. The van der Waals surface area contributed by atoms with E-state index < -0.39 is 0 Å². The van der Waals surface area contributed by atoms with E-state index in [9.17, 15) is 0 Å². The SMILES string of the molecule is Cc1cc(Oc2cccc(C)c2C)cnc1Cl. The van der Waals surface area contributed by atoms with Crippen LogP contribution in [-0.4, -0.2) is 4.98 Å². The van der Waals surface area contributed by atoms with Crippen LogP contribution in [0, 0.1) is 20.8 Å². The first-order chi connectivity index (χ1) is 8.08. The second-order valence-electron chi connectivity index (χ2n) is 4.08. The number of aryl methyl sites for hydroxylation is 2. The number of nitrogens with zero attached hydrogens (tertiary/aromatic N) is 1. The molecule has 1 aromatic carbocycles. The molecule has 0 bridgehead atoms. The zero-order chi connectivity index (χ0) is 12.4. The lowest BCUT2D eigenvalue weighted by molar-refractivity contribution is 0.475. The van der Waals surface area contributed by atoms with E-state index in [4.69, 9.17) is 16.3 Å². The standard InChI is InChI=1S/C14H14ClNO/c1-9-5-4-6-13(11(9)3)17-12-7-10(2)14(15)16-8-12/h4-8H,1-3H3. The van der Waals surface area contributed by atoms with Crippen LogP contribution in [0.2, 0.25) is 5.15 Å². The van der Waals surface area contributed by atoms with Gasteiger partial charge in [-0.15, -0.1) is 0 Å². The van der Waals surface area contributed by atoms with Gasteiger partial charge in [-0.05, 0) is 49.6 Å². The average molecular weight is 248 g/mol. The topological polar surface area (TPSA) is 22.1 Å². The van der Waals surface area contributed by atoms with Crippen LogP contribution in [0.15, 0.2) is 30.5 Å². The van der Waals surface area contributed by atoms with E-state index in [1.54, 1.807) is 6.20 Å². The summed E-state index contributed by atoms with van der Waals surface area (Å²) in [6.07, 6.45) is 1.64. The molecule has 88 valence electrons. The maximum absolute atomic E-state index is 5.87. The number of rotatable bonds is 2.